The Morgan fingerprint density at radius 3 is 0.673 bits per heavy atom. The second-order valence-corrected chi connectivity index (χ2v) is 38.1. The van der Waals surface area contributed by atoms with Crippen LogP contribution in [0.1, 0.15) is 90.4 Å². The van der Waals surface area contributed by atoms with E-state index in [2.05, 4.69) is 197 Å². The van der Waals surface area contributed by atoms with Crippen molar-refractivity contribution < 1.29 is 0 Å². The SMILES string of the molecule is C[Si](C)(C)C#Cc1cccc2c1C1c3cccc(C#C[Si](C)(C)C)c3C2C2c3cccc(C#C[Si](C)(C)C)c3C1c1cccc(C#C[Si](C)(C)C)c12. The van der Waals surface area contributed by atoms with E-state index in [9.17, 15) is 0 Å². The maximum absolute atomic E-state index is 3.80. The molecule has 0 radical (unpaired) electrons. The van der Waals surface area contributed by atoms with Crippen molar-refractivity contribution >= 4 is 32.3 Å². The minimum atomic E-state index is -1.64. The maximum Gasteiger partial charge on any atom is 0.129 e. The van der Waals surface area contributed by atoms with E-state index in [1.807, 2.05) is 0 Å². The largest absolute Gasteiger partial charge is 0.129 e. The summed E-state index contributed by atoms with van der Waals surface area (Å²) in [6, 6.07) is 27.9. The van der Waals surface area contributed by atoms with Gasteiger partial charge in [-0.15, -0.1) is 22.2 Å². The Kier molecular flexibility index (Phi) is 8.97. The van der Waals surface area contributed by atoms with Gasteiger partial charge in [0.2, 0.25) is 0 Å². The highest BCUT2D eigenvalue weighted by atomic mass is 28.3. The van der Waals surface area contributed by atoms with Gasteiger partial charge in [0.15, 0.2) is 0 Å². The van der Waals surface area contributed by atoms with E-state index in [1.165, 1.54) is 66.8 Å². The Bertz CT molecular complexity index is 2050. The second kappa shape index (κ2) is 12.8. The molecule has 0 aromatic heterocycles. The van der Waals surface area contributed by atoms with Gasteiger partial charge in [0.05, 0.1) is 0 Å². The van der Waals surface area contributed by atoms with Crippen molar-refractivity contribution in [2.75, 3.05) is 0 Å². The highest BCUT2D eigenvalue weighted by molar-refractivity contribution is 6.85. The third kappa shape index (κ3) is 6.92. The molecule has 0 amide bonds. The Labute approximate surface area is 318 Å². The normalized spacial score (nSPS) is 19.3. The summed E-state index contributed by atoms with van der Waals surface area (Å²) >= 11 is 0. The van der Waals surface area contributed by atoms with Crippen LogP contribution in [-0.4, -0.2) is 32.3 Å². The molecule has 0 saturated heterocycles. The fourth-order valence-electron chi connectivity index (χ4n) is 8.27. The van der Waals surface area contributed by atoms with Gasteiger partial charge in [-0.3, -0.25) is 0 Å². The first-order valence-corrected chi connectivity index (χ1v) is 33.0. The molecule has 6 aliphatic carbocycles. The summed E-state index contributed by atoms with van der Waals surface area (Å²) in [5, 5.41) is 0. The van der Waals surface area contributed by atoms with E-state index in [4.69, 9.17) is 0 Å². The molecule has 260 valence electrons. The monoisotopic (exact) mass is 740 g/mol. The van der Waals surface area contributed by atoms with E-state index in [1.54, 1.807) is 0 Å². The highest BCUT2D eigenvalue weighted by Gasteiger charge is 2.52. The minimum absolute atomic E-state index is 0.0656. The Hall–Kier alpha value is -4.01. The third-order valence-corrected chi connectivity index (χ3v) is 13.6. The first-order valence-electron chi connectivity index (χ1n) is 19.0. The van der Waals surface area contributed by atoms with E-state index < -0.39 is 32.3 Å². The molecule has 4 bridgehead atoms. The molecule has 0 N–H and O–H groups in total. The zero-order valence-electron chi connectivity index (χ0n) is 33.2. The molecule has 0 saturated carbocycles. The molecule has 6 aliphatic rings. The van der Waals surface area contributed by atoms with Gasteiger partial charge in [0.1, 0.15) is 32.3 Å². The van der Waals surface area contributed by atoms with Crippen LogP contribution in [0.5, 0.6) is 0 Å². The van der Waals surface area contributed by atoms with Crippen LogP contribution in [0.2, 0.25) is 78.6 Å². The van der Waals surface area contributed by atoms with Crippen molar-refractivity contribution in [3.05, 3.63) is 140 Å². The lowest BCUT2D eigenvalue weighted by atomic mass is 9.51. The maximum atomic E-state index is 3.80. The Morgan fingerprint density at radius 2 is 0.500 bits per heavy atom. The number of benzene rings is 4. The Morgan fingerprint density at radius 1 is 0.308 bits per heavy atom. The van der Waals surface area contributed by atoms with Gasteiger partial charge in [-0.2, -0.15) is 0 Å². The first-order chi connectivity index (χ1) is 24.3. The van der Waals surface area contributed by atoms with Gasteiger partial charge < -0.3 is 0 Å². The summed E-state index contributed by atoms with van der Waals surface area (Å²) < 4.78 is 0. The molecule has 0 fully saturated rings. The van der Waals surface area contributed by atoms with E-state index >= 15 is 0 Å². The lowest BCUT2D eigenvalue weighted by Gasteiger charge is -2.51. The van der Waals surface area contributed by atoms with Crippen molar-refractivity contribution in [1.29, 1.82) is 0 Å². The van der Waals surface area contributed by atoms with Crippen LogP contribution in [0, 0.1) is 45.9 Å². The molecule has 0 spiro atoms. The van der Waals surface area contributed by atoms with Crippen LogP contribution in [0.15, 0.2) is 72.8 Å². The fourth-order valence-corrected chi connectivity index (χ4v) is 10.3. The second-order valence-electron chi connectivity index (χ2n) is 19.1. The first kappa shape index (κ1) is 36.4. The van der Waals surface area contributed by atoms with Crippen LogP contribution < -0.4 is 0 Å². The predicted octanol–water partition coefficient (Wildman–Crippen LogP) is 11.5. The van der Waals surface area contributed by atoms with Crippen molar-refractivity contribution in [3.63, 3.8) is 0 Å². The number of rotatable bonds is 0. The molecular formula is C48H52Si4. The summed E-state index contributed by atoms with van der Waals surface area (Å²) in [5.74, 6) is 15.5. The molecule has 0 nitrogen and oxygen atoms in total. The predicted molar refractivity (Wildman–Crippen MR) is 234 cm³/mol. The van der Waals surface area contributed by atoms with Crippen LogP contribution >= 0.6 is 0 Å². The quantitative estimate of drug-likeness (QED) is 0.124. The molecule has 10 rings (SSSR count). The van der Waals surface area contributed by atoms with E-state index in [0.717, 1.165) is 0 Å². The van der Waals surface area contributed by atoms with Crippen molar-refractivity contribution in [2.24, 2.45) is 0 Å². The molecule has 4 aromatic carbocycles. The molecule has 4 unspecified atom stereocenters. The highest BCUT2D eigenvalue weighted by Crippen LogP contribution is 2.65. The van der Waals surface area contributed by atoms with Crippen molar-refractivity contribution in [3.8, 4) is 45.9 Å². The van der Waals surface area contributed by atoms with Gasteiger partial charge in [-0.05, 0) is 68.8 Å². The lowest BCUT2D eigenvalue weighted by Crippen LogP contribution is -2.37. The Balaban J connectivity index is 1.67. The van der Waals surface area contributed by atoms with Crippen LogP contribution in [0.25, 0.3) is 0 Å². The summed E-state index contributed by atoms with van der Waals surface area (Å²) in [4.78, 5) is 0. The third-order valence-electron chi connectivity index (χ3n) is 10.1. The minimum Gasteiger partial charge on any atom is -0.127 e. The van der Waals surface area contributed by atoms with Crippen molar-refractivity contribution in [2.45, 2.75) is 102 Å². The number of hydrogen-bond acceptors (Lipinski definition) is 0. The summed E-state index contributed by atoms with van der Waals surface area (Å²) in [6.07, 6.45) is 0. The zero-order chi connectivity index (χ0) is 37.4. The van der Waals surface area contributed by atoms with Gasteiger partial charge in [0, 0.05) is 45.9 Å². The molecule has 0 aliphatic heterocycles. The summed E-state index contributed by atoms with van der Waals surface area (Å²) in [7, 11) is -6.57. The lowest BCUT2D eigenvalue weighted by molar-refractivity contribution is 0.526. The van der Waals surface area contributed by atoms with E-state index in [0.29, 0.717) is 0 Å². The molecule has 0 heterocycles. The number of hydrogen-bond donors (Lipinski definition) is 0. The van der Waals surface area contributed by atoms with Gasteiger partial charge in [-0.1, -0.05) is 151 Å². The molecule has 4 aromatic rings. The van der Waals surface area contributed by atoms with Gasteiger partial charge in [-0.25, -0.2) is 0 Å². The molecule has 4 atom stereocenters. The average molecular weight is 741 g/mol. The van der Waals surface area contributed by atoms with Crippen LogP contribution in [-0.2, 0) is 0 Å². The summed E-state index contributed by atoms with van der Waals surface area (Å²) in [5.41, 5.74) is 31.2. The summed E-state index contributed by atoms with van der Waals surface area (Å²) in [6.45, 7) is 28.1. The van der Waals surface area contributed by atoms with Gasteiger partial charge >= 0.3 is 0 Å². The van der Waals surface area contributed by atoms with Crippen LogP contribution in [0.3, 0.4) is 0 Å². The molecular weight excluding hydrogens is 689 g/mol. The topological polar surface area (TPSA) is 0 Å². The molecule has 52 heavy (non-hydrogen) atoms. The van der Waals surface area contributed by atoms with Gasteiger partial charge in [0.25, 0.3) is 0 Å². The smallest absolute Gasteiger partial charge is 0.127 e. The fraction of sp³-hybridized carbons (Fsp3) is 0.333. The molecule has 4 heteroatoms. The zero-order valence-corrected chi connectivity index (χ0v) is 37.2. The van der Waals surface area contributed by atoms with Crippen molar-refractivity contribution in [1.82, 2.24) is 0 Å². The average Bonchev–Trinajstić information content (AvgIpc) is 3.03. The standard InChI is InChI=1S/C48H52Si4/c1-49(2,3)29-25-33-17-13-21-37-41(33)45-38-22-14-18-34(26-30-50(4,5)6)42(38)46(37)48-40-24-16-19-35(27-31-51(7,8)9)43(40)47(45)39-23-15-20-36(44(39)48)28-32-52(10,11)12/h13-24,45-48H,1-12H3. The van der Waals surface area contributed by atoms with E-state index in [-0.39, 0.29) is 23.7 Å². The van der Waals surface area contributed by atoms with Crippen LogP contribution in [0.4, 0.5) is 0 Å².